The van der Waals surface area contributed by atoms with E-state index in [2.05, 4.69) is 5.32 Å². The van der Waals surface area contributed by atoms with Crippen LogP contribution in [-0.4, -0.2) is 53.7 Å². The lowest BCUT2D eigenvalue weighted by atomic mass is 10.0. The Labute approximate surface area is 145 Å². The number of nitrogens with zero attached hydrogens (tertiary/aromatic N) is 1. The van der Waals surface area contributed by atoms with E-state index in [0.29, 0.717) is 0 Å². The fourth-order valence-corrected chi connectivity index (χ4v) is 1.70. The van der Waals surface area contributed by atoms with Gasteiger partial charge >= 0.3 is 12.1 Å². The van der Waals surface area contributed by atoms with E-state index in [-0.39, 0.29) is 12.5 Å². The van der Waals surface area contributed by atoms with Crippen molar-refractivity contribution in [1.29, 1.82) is 0 Å². The van der Waals surface area contributed by atoms with Crippen molar-refractivity contribution in [1.82, 2.24) is 10.2 Å². The molecular formula is C17H32N2O5. The number of hydrogen-bond acceptors (Lipinski definition) is 5. The van der Waals surface area contributed by atoms with E-state index >= 15 is 0 Å². The molecule has 0 aromatic rings. The highest BCUT2D eigenvalue weighted by molar-refractivity contribution is 5.87. The first kappa shape index (κ1) is 22.2. The standard InChI is InChI=1S/C17H32N2O5/c1-11(2)13(14(21)23-16(3,4)5)18-12(20)10-19(9)15(22)24-17(6,7)8/h11,13H,10H2,1-9H3,(H,18,20)/t13-/m0/s1. The Morgan fingerprint density at radius 2 is 1.42 bits per heavy atom. The summed E-state index contributed by atoms with van der Waals surface area (Å²) in [6, 6.07) is -0.774. The van der Waals surface area contributed by atoms with Crippen molar-refractivity contribution in [2.45, 2.75) is 72.6 Å². The summed E-state index contributed by atoms with van der Waals surface area (Å²) in [5, 5.41) is 2.62. The van der Waals surface area contributed by atoms with Crippen molar-refractivity contribution in [3.05, 3.63) is 0 Å². The second-order valence-corrected chi connectivity index (χ2v) is 8.16. The second-order valence-electron chi connectivity index (χ2n) is 8.16. The molecule has 0 aromatic heterocycles. The van der Waals surface area contributed by atoms with Crippen molar-refractivity contribution in [2.24, 2.45) is 5.92 Å². The maximum atomic E-state index is 12.2. The van der Waals surface area contributed by atoms with Gasteiger partial charge in [0.1, 0.15) is 23.8 Å². The average Bonchev–Trinajstić information content (AvgIpc) is 2.30. The van der Waals surface area contributed by atoms with E-state index in [9.17, 15) is 14.4 Å². The Hall–Kier alpha value is -1.79. The van der Waals surface area contributed by atoms with Gasteiger partial charge in [0.05, 0.1) is 0 Å². The van der Waals surface area contributed by atoms with Crippen LogP contribution in [0, 0.1) is 5.92 Å². The summed E-state index contributed by atoms with van der Waals surface area (Å²) in [6.07, 6.45) is -0.601. The van der Waals surface area contributed by atoms with Crippen LogP contribution in [0.15, 0.2) is 0 Å². The van der Waals surface area contributed by atoms with Gasteiger partial charge in [-0.15, -0.1) is 0 Å². The third-order valence-corrected chi connectivity index (χ3v) is 2.73. The van der Waals surface area contributed by atoms with Gasteiger partial charge in [0.25, 0.3) is 0 Å². The smallest absolute Gasteiger partial charge is 0.410 e. The van der Waals surface area contributed by atoms with Crippen molar-refractivity contribution in [3.8, 4) is 0 Å². The molecule has 2 amide bonds. The van der Waals surface area contributed by atoms with E-state index < -0.39 is 35.2 Å². The van der Waals surface area contributed by atoms with Crippen molar-refractivity contribution in [2.75, 3.05) is 13.6 Å². The Morgan fingerprint density at radius 1 is 0.958 bits per heavy atom. The summed E-state index contributed by atoms with van der Waals surface area (Å²) in [6.45, 7) is 13.9. The SMILES string of the molecule is CC(C)[C@H](NC(=O)CN(C)C(=O)OC(C)(C)C)C(=O)OC(C)(C)C. The number of carbonyl (C=O) groups excluding carboxylic acids is 3. The lowest BCUT2D eigenvalue weighted by Gasteiger charge is -2.28. The number of hydrogen-bond donors (Lipinski definition) is 1. The molecule has 0 fully saturated rings. The molecule has 24 heavy (non-hydrogen) atoms. The average molecular weight is 344 g/mol. The van der Waals surface area contributed by atoms with Crippen LogP contribution >= 0.6 is 0 Å². The van der Waals surface area contributed by atoms with Crippen LogP contribution in [0.25, 0.3) is 0 Å². The zero-order valence-electron chi connectivity index (χ0n) is 16.4. The fraction of sp³-hybridized carbons (Fsp3) is 0.824. The topological polar surface area (TPSA) is 84.9 Å². The summed E-state index contributed by atoms with van der Waals surface area (Å²) < 4.78 is 10.5. The Morgan fingerprint density at radius 3 is 1.79 bits per heavy atom. The molecule has 0 radical (unpaired) electrons. The lowest BCUT2D eigenvalue weighted by molar-refractivity contribution is -0.160. The highest BCUT2D eigenvalue weighted by Gasteiger charge is 2.30. The largest absolute Gasteiger partial charge is 0.458 e. The van der Waals surface area contributed by atoms with Crippen LogP contribution in [0.3, 0.4) is 0 Å². The summed E-state index contributed by atoms with van der Waals surface area (Å²) in [7, 11) is 1.46. The molecule has 0 aliphatic rings. The van der Waals surface area contributed by atoms with Crippen LogP contribution in [0.2, 0.25) is 0 Å². The van der Waals surface area contributed by atoms with Gasteiger partial charge in [-0.05, 0) is 47.5 Å². The second kappa shape index (κ2) is 8.35. The minimum atomic E-state index is -0.774. The van der Waals surface area contributed by atoms with Crippen LogP contribution in [0.1, 0.15) is 55.4 Å². The number of ether oxygens (including phenoxy) is 2. The van der Waals surface area contributed by atoms with Gasteiger partial charge < -0.3 is 19.7 Å². The third-order valence-electron chi connectivity index (χ3n) is 2.73. The molecule has 0 aliphatic heterocycles. The van der Waals surface area contributed by atoms with Gasteiger partial charge in [0.15, 0.2) is 0 Å². The summed E-state index contributed by atoms with van der Waals surface area (Å²) in [5.74, 6) is -1.09. The number of amides is 2. The molecule has 7 nitrogen and oxygen atoms in total. The summed E-state index contributed by atoms with van der Waals surface area (Å²) in [4.78, 5) is 37.4. The molecule has 0 saturated heterocycles. The number of nitrogens with one attached hydrogen (secondary N) is 1. The van der Waals surface area contributed by atoms with Crippen LogP contribution < -0.4 is 5.32 Å². The molecule has 1 atom stereocenters. The van der Waals surface area contributed by atoms with Crippen molar-refractivity contribution in [3.63, 3.8) is 0 Å². The summed E-state index contributed by atoms with van der Waals surface area (Å²) >= 11 is 0. The molecule has 0 rings (SSSR count). The normalized spacial score (nSPS) is 13.2. The first-order valence-corrected chi connectivity index (χ1v) is 8.08. The summed E-state index contributed by atoms with van der Waals surface area (Å²) in [5.41, 5.74) is -1.28. The molecule has 0 aliphatic carbocycles. The van der Waals surface area contributed by atoms with Crippen molar-refractivity contribution < 1.29 is 23.9 Å². The Kier molecular flexibility index (Phi) is 7.73. The van der Waals surface area contributed by atoms with E-state index in [0.717, 1.165) is 4.90 Å². The first-order chi connectivity index (χ1) is 10.6. The van der Waals surface area contributed by atoms with Gasteiger partial charge in [-0.25, -0.2) is 9.59 Å². The molecular weight excluding hydrogens is 312 g/mol. The van der Waals surface area contributed by atoms with Gasteiger partial charge in [-0.2, -0.15) is 0 Å². The maximum absolute atomic E-state index is 12.2. The predicted octanol–water partition coefficient (Wildman–Crippen LogP) is 2.34. The molecule has 0 saturated carbocycles. The number of esters is 1. The van der Waals surface area contributed by atoms with E-state index in [4.69, 9.17) is 9.47 Å². The zero-order chi connectivity index (χ0) is 19.3. The molecule has 7 heteroatoms. The van der Waals surface area contributed by atoms with E-state index in [1.165, 1.54) is 7.05 Å². The molecule has 0 aromatic carbocycles. The van der Waals surface area contributed by atoms with Crippen LogP contribution in [-0.2, 0) is 19.1 Å². The van der Waals surface area contributed by atoms with Gasteiger partial charge in [0.2, 0.25) is 5.91 Å². The quantitative estimate of drug-likeness (QED) is 0.774. The van der Waals surface area contributed by atoms with Gasteiger partial charge in [0, 0.05) is 7.05 Å². The van der Waals surface area contributed by atoms with Gasteiger partial charge in [-0.1, -0.05) is 13.8 Å². The number of likely N-dealkylation sites (N-methyl/N-ethyl adjacent to an activating group) is 1. The molecule has 0 heterocycles. The van der Waals surface area contributed by atoms with Crippen LogP contribution in [0.4, 0.5) is 4.79 Å². The fourth-order valence-electron chi connectivity index (χ4n) is 1.70. The minimum absolute atomic E-state index is 0.143. The maximum Gasteiger partial charge on any atom is 0.410 e. The minimum Gasteiger partial charge on any atom is -0.458 e. The van der Waals surface area contributed by atoms with E-state index in [1.54, 1.807) is 41.5 Å². The number of carbonyl (C=O) groups is 3. The predicted molar refractivity (Wildman–Crippen MR) is 91.5 cm³/mol. The first-order valence-electron chi connectivity index (χ1n) is 8.08. The highest BCUT2D eigenvalue weighted by atomic mass is 16.6. The van der Waals surface area contributed by atoms with Gasteiger partial charge in [-0.3, -0.25) is 4.79 Å². The molecule has 140 valence electrons. The van der Waals surface area contributed by atoms with Crippen LogP contribution in [0.5, 0.6) is 0 Å². The molecule has 1 N–H and O–H groups in total. The Balaban J connectivity index is 4.74. The monoisotopic (exact) mass is 344 g/mol. The Bertz CT molecular complexity index is 461. The molecule has 0 unspecified atom stereocenters. The highest BCUT2D eigenvalue weighted by Crippen LogP contribution is 2.13. The number of rotatable bonds is 5. The molecule has 0 bridgehead atoms. The third kappa shape index (κ3) is 9.37. The van der Waals surface area contributed by atoms with Crippen molar-refractivity contribution >= 4 is 18.0 Å². The zero-order valence-corrected chi connectivity index (χ0v) is 16.4. The molecule has 0 spiro atoms. The van der Waals surface area contributed by atoms with E-state index in [1.807, 2.05) is 13.8 Å². The lowest BCUT2D eigenvalue weighted by Crippen LogP contribution is -2.50.